The van der Waals surface area contributed by atoms with E-state index in [1.54, 1.807) is 12.1 Å². The highest BCUT2D eigenvalue weighted by Crippen LogP contribution is 2.21. The highest BCUT2D eigenvalue weighted by atomic mass is 79.9. The molecule has 0 aliphatic heterocycles. The van der Waals surface area contributed by atoms with Crippen LogP contribution in [0.5, 0.6) is 5.75 Å². The second-order valence-electron chi connectivity index (χ2n) is 3.29. The van der Waals surface area contributed by atoms with Gasteiger partial charge in [0.05, 0.1) is 0 Å². The van der Waals surface area contributed by atoms with Crippen molar-refractivity contribution in [1.82, 2.24) is 5.32 Å². The number of carbonyl (C=O) groups excluding carboxylic acids is 1. The van der Waals surface area contributed by atoms with Gasteiger partial charge >= 0.3 is 0 Å². The molecule has 1 aromatic carbocycles. The van der Waals surface area contributed by atoms with Gasteiger partial charge in [0.2, 0.25) is 0 Å². The van der Waals surface area contributed by atoms with Crippen LogP contribution in [-0.2, 0) is 4.79 Å². The average Bonchev–Trinajstić information content (AvgIpc) is 2.28. The van der Waals surface area contributed by atoms with E-state index in [4.69, 9.17) is 4.74 Å². The number of ether oxygens (including phenoxy) is 1. The molecule has 5 heteroatoms. The van der Waals surface area contributed by atoms with Crippen LogP contribution in [0, 0.1) is 5.82 Å². The molecule has 3 nitrogen and oxygen atoms in total. The van der Waals surface area contributed by atoms with Gasteiger partial charge in [0.15, 0.2) is 18.2 Å². The molecule has 0 aliphatic rings. The zero-order valence-corrected chi connectivity index (χ0v) is 10.8. The molecule has 0 heterocycles. The summed E-state index contributed by atoms with van der Waals surface area (Å²) in [5, 5.41) is 2.62. The van der Waals surface area contributed by atoms with E-state index in [1.165, 1.54) is 12.1 Å². The maximum atomic E-state index is 13.3. The SMILES string of the molecule is C=CCCNC(=O)COc1ccc(Br)cc1F. The van der Waals surface area contributed by atoms with Crippen molar-refractivity contribution in [3.63, 3.8) is 0 Å². The van der Waals surface area contributed by atoms with Gasteiger partial charge in [-0.2, -0.15) is 0 Å². The highest BCUT2D eigenvalue weighted by Gasteiger charge is 2.06. The molecular weight excluding hydrogens is 289 g/mol. The first-order chi connectivity index (χ1) is 8.13. The van der Waals surface area contributed by atoms with Crippen molar-refractivity contribution in [2.24, 2.45) is 0 Å². The maximum absolute atomic E-state index is 13.3. The molecule has 1 aromatic rings. The average molecular weight is 302 g/mol. The largest absolute Gasteiger partial charge is 0.481 e. The minimum atomic E-state index is -0.502. The fraction of sp³-hybridized carbons (Fsp3) is 0.250. The van der Waals surface area contributed by atoms with Gasteiger partial charge in [0.1, 0.15) is 0 Å². The minimum absolute atomic E-state index is 0.0621. The Morgan fingerprint density at radius 3 is 3.00 bits per heavy atom. The summed E-state index contributed by atoms with van der Waals surface area (Å²) < 4.78 is 19.0. The van der Waals surface area contributed by atoms with E-state index in [0.29, 0.717) is 17.4 Å². The summed E-state index contributed by atoms with van der Waals surface area (Å²) in [6.07, 6.45) is 2.40. The van der Waals surface area contributed by atoms with Crippen LogP contribution in [0.4, 0.5) is 4.39 Å². The second kappa shape index (κ2) is 7.06. The Bertz CT molecular complexity index is 409. The molecule has 17 heavy (non-hydrogen) atoms. The first-order valence-electron chi connectivity index (χ1n) is 5.09. The van der Waals surface area contributed by atoms with Gasteiger partial charge in [-0.1, -0.05) is 22.0 Å². The normalized spacial score (nSPS) is 9.76. The monoisotopic (exact) mass is 301 g/mol. The van der Waals surface area contributed by atoms with Crippen molar-refractivity contribution >= 4 is 21.8 Å². The summed E-state index contributed by atoms with van der Waals surface area (Å²) in [4.78, 5) is 11.3. The summed E-state index contributed by atoms with van der Waals surface area (Å²) in [7, 11) is 0. The summed E-state index contributed by atoms with van der Waals surface area (Å²) >= 11 is 3.13. The van der Waals surface area contributed by atoms with E-state index in [-0.39, 0.29) is 18.3 Å². The Kier molecular flexibility index (Phi) is 5.69. The number of carbonyl (C=O) groups is 1. The second-order valence-corrected chi connectivity index (χ2v) is 4.21. The minimum Gasteiger partial charge on any atom is -0.481 e. The van der Waals surface area contributed by atoms with Gasteiger partial charge < -0.3 is 10.1 Å². The van der Waals surface area contributed by atoms with Crippen LogP contribution >= 0.6 is 15.9 Å². The van der Waals surface area contributed by atoms with Crippen LogP contribution < -0.4 is 10.1 Å². The Morgan fingerprint density at radius 1 is 1.59 bits per heavy atom. The molecule has 1 rings (SSSR count). The predicted octanol–water partition coefficient (Wildman–Crippen LogP) is 2.66. The first-order valence-corrected chi connectivity index (χ1v) is 5.88. The molecule has 1 N–H and O–H groups in total. The fourth-order valence-electron chi connectivity index (χ4n) is 1.10. The van der Waals surface area contributed by atoms with Crippen LogP contribution in [0.15, 0.2) is 35.3 Å². The lowest BCUT2D eigenvalue weighted by Gasteiger charge is -2.07. The molecule has 0 atom stereocenters. The van der Waals surface area contributed by atoms with Crippen molar-refractivity contribution in [3.8, 4) is 5.75 Å². The molecule has 0 radical (unpaired) electrons. The van der Waals surface area contributed by atoms with Crippen molar-refractivity contribution in [3.05, 3.63) is 41.1 Å². The Hall–Kier alpha value is -1.36. The van der Waals surface area contributed by atoms with Gasteiger partial charge in [-0.3, -0.25) is 4.79 Å². The van der Waals surface area contributed by atoms with E-state index in [9.17, 15) is 9.18 Å². The number of nitrogens with one attached hydrogen (secondary N) is 1. The number of rotatable bonds is 6. The molecule has 0 fully saturated rings. The van der Waals surface area contributed by atoms with Gasteiger partial charge in [0.25, 0.3) is 5.91 Å². The van der Waals surface area contributed by atoms with Crippen LogP contribution in [-0.4, -0.2) is 19.1 Å². The molecule has 0 aromatic heterocycles. The number of benzene rings is 1. The number of hydrogen-bond donors (Lipinski definition) is 1. The highest BCUT2D eigenvalue weighted by molar-refractivity contribution is 9.10. The smallest absolute Gasteiger partial charge is 0.257 e. The predicted molar refractivity (Wildman–Crippen MR) is 67.4 cm³/mol. The molecule has 0 unspecified atom stereocenters. The van der Waals surface area contributed by atoms with Crippen LogP contribution in [0.3, 0.4) is 0 Å². The van der Waals surface area contributed by atoms with Crippen molar-refractivity contribution in [2.45, 2.75) is 6.42 Å². The van der Waals surface area contributed by atoms with Gasteiger partial charge in [-0.05, 0) is 24.6 Å². The van der Waals surface area contributed by atoms with Crippen molar-refractivity contribution in [2.75, 3.05) is 13.2 Å². The molecule has 0 bridgehead atoms. The van der Waals surface area contributed by atoms with E-state index in [2.05, 4.69) is 27.8 Å². The van der Waals surface area contributed by atoms with E-state index in [1.807, 2.05) is 0 Å². The van der Waals surface area contributed by atoms with Crippen molar-refractivity contribution < 1.29 is 13.9 Å². The quantitative estimate of drug-likeness (QED) is 0.648. The lowest BCUT2D eigenvalue weighted by atomic mass is 10.3. The molecule has 0 saturated carbocycles. The zero-order valence-electron chi connectivity index (χ0n) is 9.21. The molecule has 1 amide bonds. The lowest BCUT2D eigenvalue weighted by molar-refractivity contribution is -0.123. The summed E-state index contributed by atoms with van der Waals surface area (Å²) in [6.45, 7) is 3.84. The molecule has 0 spiro atoms. The lowest BCUT2D eigenvalue weighted by Crippen LogP contribution is -2.29. The van der Waals surface area contributed by atoms with E-state index in [0.717, 1.165) is 0 Å². The third kappa shape index (κ3) is 4.99. The number of amides is 1. The molecule has 92 valence electrons. The third-order valence-corrected chi connectivity index (χ3v) is 2.42. The standard InChI is InChI=1S/C12H13BrFNO2/c1-2-3-6-15-12(16)8-17-11-5-4-9(13)7-10(11)14/h2,4-5,7H,1,3,6,8H2,(H,15,16). The van der Waals surface area contributed by atoms with Crippen LogP contribution in [0.2, 0.25) is 0 Å². The fourth-order valence-corrected chi connectivity index (χ4v) is 1.43. The summed E-state index contributed by atoms with van der Waals surface area (Å²) in [5.41, 5.74) is 0. The van der Waals surface area contributed by atoms with Crippen LogP contribution in [0.25, 0.3) is 0 Å². The van der Waals surface area contributed by atoms with Gasteiger partial charge in [-0.25, -0.2) is 4.39 Å². The van der Waals surface area contributed by atoms with Gasteiger partial charge in [-0.15, -0.1) is 6.58 Å². The summed E-state index contributed by atoms with van der Waals surface area (Å²) in [5.74, 6) is -0.723. The molecular formula is C12H13BrFNO2. The topological polar surface area (TPSA) is 38.3 Å². The first kappa shape index (κ1) is 13.7. The number of hydrogen-bond acceptors (Lipinski definition) is 2. The molecule has 0 aliphatic carbocycles. The van der Waals surface area contributed by atoms with E-state index >= 15 is 0 Å². The van der Waals surface area contributed by atoms with E-state index < -0.39 is 5.82 Å². The number of halogens is 2. The Balaban J connectivity index is 2.39. The van der Waals surface area contributed by atoms with Crippen LogP contribution in [0.1, 0.15) is 6.42 Å². The van der Waals surface area contributed by atoms with Gasteiger partial charge in [0, 0.05) is 11.0 Å². The zero-order chi connectivity index (χ0) is 12.7. The molecule has 0 saturated heterocycles. The summed E-state index contributed by atoms with van der Waals surface area (Å²) in [6, 6.07) is 4.40. The Morgan fingerprint density at radius 2 is 2.35 bits per heavy atom. The Labute approximate surface area is 108 Å². The van der Waals surface area contributed by atoms with Crippen molar-refractivity contribution in [1.29, 1.82) is 0 Å². The maximum Gasteiger partial charge on any atom is 0.257 e. The third-order valence-electron chi connectivity index (χ3n) is 1.92.